The molecule has 0 bridgehead atoms. The zero-order valence-electron chi connectivity index (χ0n) is 19.6. The number of ether oxygens (including phenoxy) is 1. The van der Waals surface area contributed by atoms with Gasteiger partial charge in [-0.2, -0.15) is 0 Å². The summed E-state index contributed by atoms with van der Waals surface area (Å²) in [7, 11) is 0. The van der Waals surface area contributed by atoms with Gasteiger partial charge in [-0.15, -0.1) is 6.58 Å². The van der Waals surface area contributed by atoms with E-state index < -0.39 is 11.6 Å². The van der Waals surface area contributed by atoms with E-state index in [0.717, 1.165) is 37.7 Å². The van der Waals surface area contributed by atoms with Crippen molar-refractivity contribution in [2.24, 2.45) is 5.92 Å². The fourth-order valence-electron chi connectivity index (χ4n) is 4.81. The summed E-state index contributed by atoms with van der Waals surface area (Å²) in [6.45, 7) is 6.81. The van der Waals surface area contributed by atoms with Gasteiger partial charge in [0.15, 0.2) is 0 Å². The Balaban J connectivity index is 1.52. The van der Waals surface area contributed by atoms with Crippen LogP contribution in [0.25, 0.3) is 22.3 Å². The zero-order valence-corrected chi connectivity index (χ0v) is 19.6. The van der Waals surface area contributed by atoms with Gasteiger partial charge in [-0.1, -0.05) is 49.4 Å². The summed E-state index contributed by atoms with van der Waals surface area (Å²) in [5, 5.41) is 0. The second-order valence-electron chi connectivity index (χ2n) is 9.15. The Hall–Kier alpha value is -2.85. The van der Waals surface area contributed by atoms with Gasteiger partial charge >= 0.3 is 0 Å². The normalized spacial score (nSPS) is 18.1. The Morgan fingerprint density at radius 1 is 0.824 bits per heavy atom. The molecule has 0 amide bonds. The maximum Gasteiger partial charge on any atom is 0.131 e. The molecular formula is C30H31F3O. The highest BCUT2D eigenvalue weighted by molar-refractivity contribution is 5.72. The largest absolute Gasteiger partial charge is 0.377 e. The van der Waals surface area contributed by atoms with E-state index in [2.05, 4.69) is 6.58 Å². The molecule has 3 aromatic rings. The molecule has 178 valence electrons. The van der Waals surface area contributed by atoms with Gasteiger partial charge in [-0.05, 0) is 78.8 Å². The van der Waals surface area contributed by atoms with E-state index >= 15 is 8.78 Å². The van der Waals surface area contributed by atoms with Crippen molar-refractivity contribution < 1.29 is 17.9 Å². The molecule has 0 saturated heterocycles. The lowest BCUT2D eigenvalue weighted by atomic mass is 9.78. The first-order valence-electron chi connectivity index (χ1n) is 12.1. The van der Waals surface area contributed by atoms with Crippen molar-refractivity contribution in [3.63, 3.8) is 0 Å². The van der Waals surface area contributed by atoms with E-state index in [-0.39, 0.29) is 16.9 Å². The van der Waals surface area contributed by atoms with Crippen molar-refractivity contribution in [2.75, 3.05) is 6.61 Å². The minimum absolute atomic E-state index is 0.151. The molecular weight excluding hydrogens is 433 g/mol. The molecule has 1 aliphatic carbocycles. The summed E-state index contributed by atoms with van der Waals surface area (Å²) in [4.78, 5) is 0. The fourth-order valence-corrected chi connectivity index (χ4v) is 4.81. The average molecular weight is 465 g/mol. The number of rotatable bonds is 8. The molecule has 34 heavy (non-hydrogen) atoms. The van der Waals surface area contributed by atoms with Crippen LogP contribution in [0.15, 0.2) is 67.3 Å². The van der Waals surface area contributed by atoms with Gasteiger partial charge in [-0.25, -0.2) is 13.2 Å². The van der Waals surface area contributed by atoms with Crippen LogP contribution >= 0.6 is 0 Å². The van der Waals surface area contributed by atoms with Crippen molar-refractivity contribution in [1.29, 1.82) is 0 Å². The molecule has 1 nitrogen and oxygen atoms in total. The standard InChI is InChI=1S/C30H31F3O/c1-3-15-34-19-21-7-12-26(28(31)16-21)27-14-11-24(18-30(27)33)25-13-10-23(17-29(25)32)22-8-5-20(4-2)6-9-22/h4,7,10-14,16-18,20,22H,2-3,5-6,8-9,15,19H2,1H3. The van der Waals surface area contributed by atoms with E-state index in [0.29, 0.717) is 41.7 Å². The maximum absolute atomic E-state index is 15.0. The van der Waals surface area contributed by atoms with E-state index in [1.165, 1.54) is 18.2 Å². The molecule has 1 saturated carbocycles. The molecule has 0 aliphatic heterocycles. The maximum atomic E-state index is 15.0. The summed E-state index contributed by atoms with van der Waals surface area (Å²) in [6, 6.07) is 14.4. The first kappa shape index (κ1) is 24.3. The van der Waals surface area contributed by atoms with Crippen molar-refractivity contribution in [1.82, 2.24) is 0 Å². The van der Waals surface area contributed by atoms with Crippen LogP contribution in [0.1, 0.15) is 56.1 Å². The van der Waals surface area contributed by atoms with Crippen LogP contribution in [0.5, 0.6) is 0 Å². The van der Waals surface area contributed by atoms with Gasteiger partial charge in [-0.3, -0.25) is 0 Å². The van der Waals surface area contributed by atoms with Gasteiger partial charge in [0.1, 0.15) is 17.5 Å². The highest BCUT2D eigenvalue weighted by Gasteiger charge is 2.22. The molecule has 0 N–H and O–H groups in total. The molecule has 4 heteroatoms. The lowest BCUT2D eigenvalue weighted by molar-refractivity contribution is 0.121. The summed E-state index contributed by atoms with van der Waals surface area (Å²) in [5.74, 6) is -0.559. The predicted molar refractivity (Wildman–Crippen MR) is 132 cm³/mol. The topological polar surface area (TPSA) is 9.23 Å². The van der Waals surface area contributed by atoms with E-state index in [1.54, 1.807) is 30.3 Å². The van der Waals surface area contributed by atoms with Crippen molar-refractivity contribution in [3.05, 3.63) is 95.8 Å². The van der Waals surface area contributed by atoms with E-state index in [1.807, 2.05) is 19.1 Å². The van der Waals surface area contributed by atoms with Crippen LogP contribution in [0.3, 0.4) is 0 Å². The quantitative estimate of drug-likeness (QED) is 0.239. The first-order chi connectivity index (χ1) is 16.5. The molecule has 0 aromatic heterocycles. The molecule has 4 rings (SSSR count). The highest BCUT2D eigenvalue weighted by atomic mass is 19.1. The second kappa shape index (κ2) is 11.1. The minimum Gasteiger partial charge on any atom is -0.377 e. The van der Waals surface area contributed by atoms with Crippen molar-refractivity contribution >= 4 is 0 Å². The Labute approximate surface area is 200 Å². The number of hydrogen-bond donors (Lipinski definition) is 0. The second-order valence-corrected chi connectivity index (χ2v) is 9.15. The zero-order chi connectivity index (χ0) is 24.1. The lowest BCUT2D eigenvalue weighted by Crippen LogP contribution is -2.11. The molecule has 3 aromatic carbocycles. The summed E-state index contributed by atoms with van der Waals surface area (Å²) >= 11 is 0. The molecule has 0 heterocycles. The van der Waals surface area contributed by atoms with Crippen molar-refractivity contribution in [2.45, 2.75) is 51.6 Å². The average Bonchev–Trinajstić information content (AvgIpc) is 2.85. The van der Waals surface area contributed by atoms with Gasteiger partial charge < -0.3 is 4.74 Å². The molecule has 0 radical (unpaired) electrons. The molecule has 0 spiro atoms. The molecule has 1 aliphatic rings. The first-order valence-corrected chi connectivity index (χ1v) is 12.1. The number of benzene rings is 3. The summed E-state index contributed by atoms with van der Waals surface area (Å²) in [6.07, 6.45) is 7.10. The number of allylic oxidation sites excluding steroid dienone is 1. The molecule has 0 atom stereocenters. The van der Waals surface area contributed by atoms with E-state index in [9.17, 15) is 4.39 Å². The van der Waals surface area contributed by atoms with Crippen LogP contribution in [0.2, 0.25) is 0 Å². The van der Waals surface area contributed by atoms with Gasteiger partial charge in [0.05, 0.1) is 6.61 Å². The monoisotopic (exact) mass is 464 g/mol. The fraction of sp³-hybridized carbons (Fsp3) is 0.333. The van der Waals surface area contributed by atoms with Crippen LogP contribution < -0.4 is 0 Å². The smallest absolute Gasteiger partial charge is 0.131 e. The Morgan fingerprint density at radius 2 is 1.47 bits per heavy atom. The minimum atomic E-state index is -0.586. The SMILES string of the molecule is C=CC1CCC(c2ccc(-c3ccc(-c4ccc(COCCC)cc4F)c(F)c3)c(F)c2)CC1. The van der Waals surface area contributed by atoms with Crippen LogP contribution in [0, 0.1) is 23.4 Å². The van der Waals surface area contributed by atoms with Crippen molar-refractivity contribution in [3.8, 4) is 22.3 Å². The number of halogens is 3. The van der Waals surface area contributed by atoms with Gasteiger partial charge in [0.25, 0.3) is 0 Å². The van der Waals surface area contributed by atoms with E-state index in [4.69, 9.17) is 4.74 Å². The summed E-state index contributed by atoms with van der Waals surface area (Å²) < 4.78 is 50.2. The van der Waals surface area contributed by atoms with Crippen LogP contribution in [-0.4, -0.2) is 6.61 Å². The molecule has 1 fully saturated rings. The third-order valence-electron chi connectivity index (χ3n) is 6.79. The Morgan fingerprint density at radius 3 is 2.09 bits per heavy atom. The van der Waals surface area contributed by atoms with Gasteiger partial charge in [0, 0.05) is 23.3 Å². The molecule has 0 unspecified atom stereocenters. The lowest BCUT2D eigenvalue weighted by Gasteiger charge is -2.27. The Bertz CT molecular complexity index is 1150. The number of hydrogen-bond acceptors (Lipinski definition) is 1. The third-order valence-corrected chi connectivity index (χ3v) is 6.79. The Kier molecular flexibility index (Phi) is 7.89. The predicted octanol–water partition coefficient (Wildman–Crippen LogP) is 8.82. The van der Waals surface area contributed by atoms with Crippen LogP contribution in [-0.2, 0) is 11.3 Å². The summed E-state index contributed by atoms with van der Waals surface area (Å²) in [5.41, 5.74) is 2.80. The van der Waals surface area contributed by atoms with Crippen LogP contribution in [0.4, 0.5) is 13.2 Å². The van der Waals surface area contributed by atoms with Gasteiger partial charge in [0.2, 0.25) is 0 Å². The highest BCUT2D eigenvalue weighted by Crippen LogP contribution is 2.38. The third kappa shape index (κ3) is 5.44.